The molecule has 0 radical (unpaired) electrons. The summed E-state index contributed by atoms with van der Waals surface area (Å²) in [6.45, 7) is 4.45. The van der Waals surface area contributed by atoms with Gasteiger partial charge in [0.25, 0.3) is 0 Å². The third-order valence-corrected chi connectivity index (χ3v) is 5.99. The minimum atomic E-state index is -0.770. The number of aliphatic hydroxyl groups excluding tert-OH is 1. The summed E-state index contributed by atoms with van der Waals surface area (Å²) in [6, 6.07) is 11.9. The van der Waals surface area contributed by atoms with Gasteiger partial charge in [0.1, 0.15) is 0 Å². The highest BCUT2D eigenvalue weighted by molar-refractivity contribution is 6.30. The summed E-state index contributed by atoms with van der Waals surface area (Å²) in [6.07, 6.45) is 1.26. The van der Waals surface area contributed by atoms with Crippen LogP contribution in [0.5, 0.6) is 0 Å². The molecule has 1 aromatic heterocycles. The van der Waals surface area contributed by atoms with E-state index in [9.17, 15) is 15.0 Å². The van der Waals surface area contributed by atoms with E-state index in [2.05, 4.69) is 10.6 Å². The Labute approximate surface area is 169 Å². The van der Waals surface area contributed by atoms with Gasteiger partial charge >= 0.3 is 5.97 Å². The van der Waals surface area contributed by atoms with Gasteiger partial charge in [0, 0.05) is 34.1 Å². The van der Waals surface area contributed by atoms with E-state index in [0.29, 0.717) is 11.6 Å². The first-order valence-electron chi connectivity index (χ1n) is 9.65. The van der Waals surface area contributed by atoms with Crippen LogP contribution in [0, 0.1) is 6.92 Å². The maximum atomic E-state index is 11.5. The fourth-order valence-electron chi connectivity index (χ4n) is 4.61. The molecule has 2 atom stereocenters. The third kappa shape index (κ3) is 3.31. The summed E-state index contributed by atoms with van der Waals surface area (Å²) in [5.74, 6) is -0.776. The van der Waals surface area contributed by atoms with Crippen LogP contribution in [0.1, 0.15) is 59.7 Å². The average molecular weight is 398 g/mol. The topological polar surface area (TPSA) is 62.5 Å². The molecule has 2 N–H and O–H groups in total. The van der Waals surface area contributed by atoms with E-state index in [1.807, 2.05) is 37.3 Å². The van der Waals surface area contributed by atoms with Gasteiger partial charge in [0.2, 0.25) is 0 Å². The van der Waals surface area contributed by atoms with Gasteiger partial charge in [-0.2, -0.15) is 0 Å². The molecule has 1 aliphatic carbocycles. The van der Waals surface area contributed by atoms with Gasteiger partial charge in [-0.1, -0.05) is 35.4 Å². The molecule has 4 rings (SSSR count). The van der Waals surface area contributed by atoms with Gasteiger partial charge in [-0.05, 0) is 56.0 Å². The highest BCUT2D eigenvalue weighted by Gasteiger charge is 2.32. The fourth-order valence-corrected chi connectivity index (χ4v) is 4.73. The second kappa shape index (κ2) is 7.26. The molecule has 1 heterocycles. The zero-order chi connectivity index (χ0) is 20.0. The lowest BCUT2D eigenvalue weighted by molar-refractivity contribution is -0.137. The number of aryl methyl sites for hydroxylation is 2. The predicted molar refractivity (Wildman–Crippen MR) is 111 cm³/mol. The minimum absolute atomic E-state index is 0.00523. The number of aromatic nitrogens is 1. The van der Waals surface area contributed by atoms with Gasteiger partial charge < -0.3 is 14.8 Å². The Morgan fingerprint density at radius 1 is 1.29 bits per heavy atom. The molecule has 0 amide bonds. The van der Waals surface area contributed by atoms with Crippen LogP contribution in [0.4, 0.5) is 0 Å². The zero-order valence-corrected chi connectivity index (χ0v) is 16.8. The van der Waals surface area contributed by atoms with E-state index in [1.165, 1.54) is 5.56 Å². The highest BCUT2D eigenvalue weighted by Crippen LogP contribution is 2.44. The van der Waals surface area contributed by atoms with Crippen molar-refractivity contribution in [2.24, 2.45) is 0 Å². The first kappa shape index (κ1) is 19.0. The molecule has 2 aromatic carbocycles. The summed E-state index contributed by atoms with van der Waals surface area (Å²) in [5.41, 5.74) is 6.47. The van der Waals surface area contributed by atoms with Crippen molar-refractivity contribution in [3.8, 4) is 0 Å². The lowest BCUT2D eigenvalue weighted by Gasteiger charge is -2.18. The molecule has 0 saturated carbocycles. The summed E-state index contributed by atoms with van der Waals surface area (Å²) in [7, 11) is 0. The van der Waals surface area contributed by atoms with Gasteiger partial charge in [-0.15, -0.1) is 0 Å². The summed E-state index contributed by atoms with van der Waals surface area (Å²) in [4.78, 5) is 11.5. The molecule has 3 aromatic rings. The molecular formula is C23H24ClNO3. The van der Waals surface area contributed by atoms with Crippen LogP contribution in [-0.4, -0.2) is 20.7 Å². The van der Waals surface area contributed by atoms with E-state index in [0.717, 1.165) is 46.1 Å². The Balaban J connectivity index is 1.96. The van der Waals surface area contributed by atoms with Crippen molar-refractivity contribution in [2.75, 3.05) is 0 Å². The summed E-state index contributed by atoms with van der Waals surface area (Å²) >= 11 is 6.04. The number of halogens is 1. The Bertz CT molecular complexity index is 1050. The van der Waals surface area contributed by atoms with Crippen LogP contribution in [0.2, 0.25) is 5.02 Å². The zero-order valence-electron chi connectivity index (χ0n) is 16.1. The maximum absolute atomic E-state index is 11.5. The molecular weight excluding hydrogens is 374 g/mol. The number of fused-ring (bicyclic) bond motifs is 3. The molecule has 0 spiro atoms. The van der Waals surface area contributed by atoms with E-state index in [-0.39, 0.29) is 12.3 Å². The Morgan fingerprint density at radius 3 is 2.64 bits per heavy atom. The second-order valence-corrected chi connectivity index (χ2v) is 8.27. The standard InChI is InChI=1S/C23H24ClNO3/c1-13-9-19(14(2)26)23-20(10-13)18-8-5-16(11-21(27)28)22(18)25(23)12-15-3-6-17(24)7-4-15/h3-4,6-7,9-10,14,16,26H,5,8,11-12H2,1-2H3,(H,27,28)/t14?,16-/m0/s1. The van der Waals surface area contributed by atoms with E-state index in [4.69, 9.17) is 11.6 Å². The van der Waals surface area contributed by atoms with Crippen molar-refractivity contribution in [2.45, 2.75) is 51.7 Å². The number of carboxylic acid groups (broad SMARTS) is 1. The lowest BCUT2D eigenvalue weighted by Crippen LogP contribution is -2.11. The van der Waals surface area contributed by atoms with Crippen molar-refractivity contribution in [1.82, 2.24) is 4.57 Å². The number of benzene rings is 2. The molecule has 5 heteroatoms. The van der Waals surface area contributed by atoms with E-state index >= 15 is 0 Å². The van der Waals surface area contributed by atoms with Crippen LogP contribution in [-0.2, 0) is 17.8 Å². The Hall–Kier alpha value is -2.30. The van der Waals surface area contributed by atoms with Gasteiger partial charge in [-0.25, -0.2) is 0 Å². The molecule has 0 fully saturated rings. The monoisotopic (exact) mass is 397 g/mol. The first-order valence-corrected chi connectivity index (χ1v) is 10.0. The molecule has 28 heavy (non-hydrogen) atoms. The Kier molecular flexibility index (Phi) is 4.94. The van der Waals surface area contributed by atoms with Crippen molar-refractivity contribution in [3.63, 3.8) is 0 Å². The number of aliphatic hydroxyl groups is 1. The molecule has 0 saturated heterocycles. The number of carboxylic acids is 1. The number of carbonyl (C=O) groups is 1. The van der Waals surface area contributed by atoms with Crippen molar-refractivity contribution < 1.29 is 15.0 Å². The quantitative estimate of drug-likeness (QED) is 0.621. The molecule has 1 unspecified atom stereocenters. The van der Waals surface area contributed by atoms with E-state index < -0.39 is 12.1 Å². The average Bonchev–Trinajstić information content (AvgIpc) is 3.16. The van der Waals surface area contributed by atoms with Crippen LogP contribution in [0.3, 0.4) is 0 Å². The second-order valence-electron chi connectivity index (χ2n) is 7.84. The Morgan fingerprint density at radius 2 is 2.00 bits per heavy atom. The third-order valence-electron chi connectivity index (χ3n) is 5.73. The van der Waals surface area contributed by atoms with Crippen molar-refractivity contribution in [1.29, 1.82) is 0 Å². The fraction of sp³-hybridized carbons (Fsp3) is 0.348. The highest BCUT2D eigenvalue weighted by atomic mass is 35.5. The molecule has 146 valence electrons. The van der Waals surface area contributed by atoms with Crippen molar-refractivity contribution in [3.05, 3.63) is 69.4 Å². The molecule has 0 bridgehead atoms. The van der Waals surface area contributed by atoms with Crippen LogP contribution >= 0.6 is 11.6 Å². The van der Waals surface area contributed by atoms with Crippen molar-refractivity contribution >= 4 is 28.5 Å². The SMILES string of the molecule is Cc1cc(C(C)O)c2c(c1)c1c(n2Cc2ccc(Cl)cc2)[C@H](CC(=O)O)CC1. The van der Waals surface area contributed by atoms with Gasteiger partial charge in [-0.3, -0.25) is 4.79 Å². The molecule has 1 aliphatic rings. The lowest BCUT2D eigenvalue weighted by atomic mass is 10.0. The van der Waals surface area contributed by atoms with E-state index in [1.54, 1.807) is 6.92 Å². The maximum Gasteiger partial charge on any atom is 0.304 e. The smallest absolute Gasteiger partial charge is 0.304 e. The number of rotatable bonds is 5. The number of nitrogens with zero attached hydrogens (tertiary/aromatic N) is 1. The van der Waals surface area contributed by atoms with Gasteiger partial charge in [0.05, 0.1) is 18.0 Å². The van der Waals surface area contributed by atoms with Crippen LogP contribution < -0.4 is 0 Å². The minimum Gasteiger partial charge on any atom is -0.481 e. The normalized spacial score (nSPS) is 17.1. The molecule has 4 nitrogen and oxygen atoms in total. The van der Waals surface area contributed by atoms with Gasteiger partial charge in [0.15, 0.2) is 0 Å². The summed E-state index contributed by atoms with van der Waals surface area (Å²) in [5, 5.41) is 21.7. The first-order chi connectivity index (χ1) is 13.3. The molecule has 0 aliphatic heterocycles. The number of hydrogen-bond donors (Lipinski definition) is 2. The number of aliphatic carboxylic acids is 1. The predicted octanol–water partition coefficient (Wildman–Crippen LogP) is 5.21. The largest absolute Gasteiger partial charge is 0.481 e. The van der Waals surface area contributed by atoms with Crippen LogP contribution in [0.15, 0.2) is 36.4 Å². The van der Waals surface area contributed by atoms with Crippen LogP contribution in [0.25, 0.3) is 10.9 Å². The number of hydrogen-bond acceptors (Lipinski definition) is 2. The summed E-state index contributed by atoms with van der Waals surface area (Å²) < 4.78 is 2.23.